The first kappa shape index (κ1) is 11.1. The zero-order chi connectivity index (χ0) is 11.8. The van der Waals surface area contributed by atoms with Gasteiger partial charge in [-0.1, -0.05) is 32.4 Å². The molecule has 0 atom stereocenters. The first-order chi connectivity index (χ1) is 7.48. The van der Waals surface area contributed by atoms with E-state index in [0.29, 0.717) is 5.02 Å². The normalized spacial score (nSPS) is 11.8. The highest BCUT2D eigenvalue weighted by Crippen LogP contribution is 2.23. The van der Waals surface area contributed by atoms with Gasteiger partial charge in [-0.15, -0.1) is 0 Å². The zero-order valence-electron chi connectivity index (χ0n) is 9.61. The van der Waals surface area contributed by atoms with Crippen molar-refractivity contribution in [3.8, 4) is 5.82 Å². The maximum absolute atomic E-state index is 5.81. The molecular formula is C12H14ClN3. The molecule has 0 saturated carbocycles. The van der Waals surface area contributed by atoms with E-state index in [9.17, 15) is 0 Å². The summed E-state index contributed by atoms with van der Waals surface area (Å²) in [6.45, 7) is 6.45. The number of halogens is 1. The summed E-state index contributed by atoms with van der Waals surface area (Å²) in [5, 5.41) is 4.93. The number of rotatable bonds is 1. The van der Waals surface area contributed by atoms with Crippen LogP contribution in [0.4, 0.5) is 0 Å². The molecule has 3 nitrogen and oxygen atoms in total. The summed E-state index contributed by atoms with van der Waals surface area (Å²) in [7, 11) is 0. The lowest BCUT2D eigenvalue weighted by Crippen LogP contribution is -2.17. The second kappa shape index (κ2) is 3.91. The van der Waals surface area contributed by atoms with Gasteiger partial charge in [0, 0.05) is 17.8 Å². The van der Waals surface area contributed by atoms with Crippen LogP contribution in [0.5, 0.6) is 0 Å². The van der Waals surface area contributed by atoms with E-state index in [4.69, 9.17) is 11.6 Å². The molecule has 0 aromatic carbocycles. The van der Waals surface area contributed by atoms with E-state index in [-0.39, 0.29) is 5.41 Å². The molecule has 0 fully saturated rings. The van der Waals surface area contributed by atoms with Crippen molar-refractivity contribution in [2.75, 3.05) is 0 Å². The maximum Gasteiger partial charge on any atom is 0.153 e. The monoisotopic (exact) mass is 235 g/mol. The van der Waals surface area contributed by atoms with Crippen LogP contribution in [0, 0.1) is 0 Å². The van der Waals surface area contributed by atoms with E-state index < -0.39 is 0 Å². The first-order valence-corrected chi connectivity index (χ1v) is 5.53. The van der Waals surface area contributed by atoms with Crippen LogP contribution in [0.1, 0.15) is 26.5 Å². The van der Waals surface area contributed by atoms with Gasteiger partial charge in [-0.2, -0.15) is 5.10 Å². The van der Waals surface area contributed by atoms with E-state index in [0.717, 1.165) is 11.5 Å². The molecule has 0 amide bonds. The summed E-state index contributed by atoms with van der Waals surface area (Å²) in [4.78, 5) is 4.26. The molecule has 16 heavy (non-hydrogen) atoms. The van der Waals surface area contributed by atoms with E-state index in [2.05, 4.69) is 30.9 Å². The zero-order valence-corrected chi connectivity index (χ0v) is 10.4. The van der Waals surface area contributed by atoms with E-state index in [1.807, 2.05) is 22.9 Å². The Hall–Kier alpha value is -1.35. The number of hydrogen-bond donors (Lipinski definition) is 0. The highest BCUT2D eigenvalue weighted by Gasteiger charge is 2.19. The summed E-state index contributed by atoms with van der Waals surface area (Å²) in [5.74, 6) is 0.791. The highest BCUT2D eigenvalue weighted by molar-refractivity contribution is 6.30. The third-order valence-corrected chi connectivity index (χ3v) is 2.56. The summed E-state index contributed by atoms with van der Waals surface area (Å²) >= 11 is 5.81. The van der Waals surface area contributed by atoms with Crippen molar-refractivity contribution in [2.24, 2.45) is 0 Å². The molecule has 0 unspecified atom stereocenters. The van der Waals surface area contributed by atoms with Gasteiger partial charge < -0.3 is 0 Å². The van der Waals surface area contributed by atoms with Crippen molar-refractivity contribution in [1.82, 2.24) is 14.8 Å². The number of aromatic nitrogens is 3. The smallest absolute Gasteiger partial charge is 0.153 e. The van der Waals surface area contributed by atoms with Gasteiger partial charge in [0.2, 0.25) is 0 Å². The molecule has 0 aliphatic rings. The Morgan fingerprint density at radius 3 is 2.50 bits per heavy atom. The van der Waals surface area contributed by atoms with Gasteiger partial charge in [-0.25, -0.2) is 9.67 Å². The molecule has 0 radical (unpaired) electrons. The topological polar surface area (TPSA) is 30.7 Å². The van der Waals surface area contributed by atoms with Crippen molar-refractivity contribution < 1.29 is 0 Å². The molecule has 2 rings (SSSR count). The second-order valence-corrected chi connectivity index (χ2v) is 5.15. The summed E-state index contributed by atoms with van der Waals surface area (Å²) in [6.07, 6.45) is 3.42. The Bertz CT molecular complexity index is 480. The minimum Gasteiger partial charge on any atom is -0.236 e. The summed E-state index contributed by atoms with van der Waals surface area (Å²) in [5.41, 5.74) is 1.17. The third-order valence-electron chi connectivity index (χ3n) is 2.34. The van der Waals surface area contributed by atoms with Crippen molar-refractivity contribution >= 4 is 11.6 Å². The van der Waals surface area contributed by atoms with Crippen LogP contribution in [-0.4, -0.2) is 14.8 Å². The Morgan fingerprint density at radius 2 is 1.94 bits per heavy atom. The molecule has 0 aliphatic heterocycles. The third kappa shape index (κ3) is 2.09. The van der Waals surface area contributed by atoms with Crippen LogP contribution in [0.25, 0.3) is 5.82 Å². The fourth-order valence-electron chi connectivity index (χ4n) is 1.55. The maximum atomic E-state index is 5.81. The van der Waals surface area contributed by atoms with Gasteiger partial charge in [-0.05, 0) is 18.2 Å². The Balaban J connectivity index is 2.49. The molecule has 0 bridgehead atoms. The average molecular weight is 236 g/mol. The van der Waals surface area contributed by atoms with Gasteiger partial charge in [0.1, 0.15) is 0 Å². The van der Waals surface area contributed by atoms with Gasteiger partial charge >= 0.3 is 0 Å². The van der Waals surface area contributed by atoms with Crippen molar-refractivity contribution in [2.45, 2.75) is 26.2 Å². The van der Waals surface area contributed by atoms with E-state index in [1.54, 1.807) is 12.4 Å². The lowest BCUT2D eigenvalue weighted by Gasteiger charge is -2.19. The largest absolute Gasteiger partial charge is 0.236 e. The SMILES string of the molecule is CC(C)(C)c1ccnn1-c1ccc(Cl)cn1. The molecule has 84 valence electrons. The van der Waals surface area contributed by atoms with Gasteiger partial charge in [0.05, 0.1) is 10.7 Å². The Morgan fingerprint density at radius 1 is 1.19 bits per heavy atom. The molecule has 2 aromatic heterocycles. The molecule has 4 heteroatoms. The van der Waals surface area contributed by atoms with Gasteiger partial charge in [-0.3, -0.25) is 0 Å². The van der Waals surface area contributed by atoms with Crippen LogP contribution < -0.4 is 0 Å². The van der Waals surface area contributed by atoms with Crippen molar-refractivity contribution in [1.29, 1.82) is 0 Å². The number of hydrogen-bond acceptors (Lipinski definition) is 2. The quantitative estimate of drug-likeness (QED) is 0.760. The molecule has 0 spiro atoms. The number of pyridine rings is 1. The lowest BCUT2D eigenvalue weighted by molar-refractivity contribution is 0.541. The van der Waals surface area contributed by atoms with E-state index >= 15 is 0 Å². The van der Waals surface area contributed by atoms with E-state index in [1.165, 1.54) is 0 Å². The van der Waals surface area contributed by atoms with Crippen LogP contribution >= 0.6 is 11.6 Å². The fraction of sp³-hybridized carbons (Fsp3) is 0.333. The number of nitrogens with zero attached hydrogens (tertiary/aromatic N) is 3. The average Bonchev–Trinajstić information content (AvgIpc) is 2.66. The molecule has 0 N–H and O–H groups in total. The van der Waals surface area contributed by atoms with Crippen LogP contribution in [0.3, 0.4) is 0 Å². The fourth-order valence-corrected chi connectivity index (χ4v) is 1.66. The van der Waals surface area contributed by atoms with Crippen LogP contribution in [-0.2, 0) is 5.41 Å². The minimum absolute atomic E-state index is 0.0395. The van der Waals surface area contributed by atoms with Crippen molar-refractivity contribution in [3.05, 3.63) is 41.3 Å². The van der Waals surface area contributed by atoms with Gasteiger partial charge in [0.15, 0.2) is 5.82 Å². The van der Waals surface area contributed by atoms with Gasteiger partial charge in [0.25, 0.3) is 0 Å². The predicted octanol–water partition coefficient (Wildman–Crippen LogP) is 3.22. The standard InChI is InChI=1S/C12H14ClN3/c1-12(2,3)10-6-7-15-16(10)11-5-4-9(13)8-14-11/h4-8H,1-3H3. The Labute approximate surface area is 100 Å². The summed E-state index contributed by atoms with van der Waals surface area (Å²) in [6, 6.07) is 5.69. The molecule has 0 aliphatic carbocycles. The Kier molecular flexibility index (Phi) is 2.72. The second-order valence-electron chi connectivity index (χ2n) is 4.71. The highest BCUT2D eigenvalue weighted by atomic mass is 35.5. The molecule has 0 saturated heterocycles. The van der Waals surface area contributed by atoms with Crippen LogP contribution in [0.2, 0.25) is 5.02 Å². The predicted molar refractivity (Wildman–Crippen MR) is 65.1 cm³/mol. The lowest BCUT2D eigenvalue weighted by atomic mass is 9.92. The first-order valence-electron chi connectivity index (χ1n) is 5.15. The molecule has 2 aromatic rings. The minimum atomic E-state index is 0.0395. The summed E-state index contributed by atoms with van der Waals surface area (Å²) < 4.78 is 1.84. The van der Waals surface area contributed by atoms with Crippen LogP contribution in [0.15, 0.2) is 30.6 Å². The molecule has 2 heterocycles. The molecular weight excluding hydrogens is 222 g/mol. The van der Waals surface area contributed by atoms with Crippen molar-refractivity contribution in [3.63, 3.8) is 0 Å².